The quantitative estimate of drug-likeness (QED) is 0.630. The van der Waals surface area contributed by atoms with Gasteiger partial charge in [-0.05, 0) is 25.5 Å². The summed E-state index contributed by atoms with van der Waals surface area (Å²) >= 11 is 0. The Morgan fingerprint density at radius 3 is 2.26 bits per heavy atom. The molecule has 0 unspecified atom stereocenters. The van der Waals surface area contributed by atoms with E-state index in [0.717, 1.165) is 17.0 Å². The second-order valence-electron chi connectivity index (χ2n) is 4.89. The molecule has 0 saturated carbocycles. The van der Waals surface area contributed by atoms with Gasteiger partial charge in [-0.3, -0.25) is 24.6 Å². The Bertz CT molecular complexity index is 708. The van der Waals surface area contributed by atoms with Crippen LogP contribution in [0.25, 0.3) is 0 Å². The molecule has 0 atom stereocenters. The molecule has 6 nitrogen and oxygen atoms in total. The Kier molecular flexibility index (Phi) is 4.22. The lowest BCUT2D eigenvalue weighted by atomic mass is 9.97. The van der Waals surface area contributed by atoms with Crippen molar-refractivity contribution in [1.29, 1.82) is 0 Å². The number of rotatable bonds is 3. The maximum atomic E-state index is 12.6. The monoisotopic (exact) mass is 328 g/mol. The van der Waals surface area contributed by atoms with E-state index >= 15 is 0 Å². The predicted molar refractivity (Wildman–Crippen MR) is 73.6 cm³/mol. The van der Waals surface area contributed by atoms with Crippen LogP contribution in [0.4, 0.5) is 24.5 Å². The van der Waals surface area contributed by atoms with Crippen molar-refractivity contribution in [3.63, 3.8) is 0 Å². The molecule has 1 amide bonds. The molecule has 122 valence electrons. The van der Waals surface area contributed by atoms with E-state index in [0.29, 0.717) is 0 Å². The number of hydrogen-bond donors (Lipinski definition) is 0. The number of ketones is 1. The Morgan fingerprint density at radius 2 is 1.78 bits per heavy atom. The lowest BCUT2D eigenvalue weighted by molar-refractivity contribution is -0.384. The van der Waals surface area contributed by atoms with E-state index in [1.807, 2.05) is 0 Å². The van der Waals surface area contributed by atoms with Crippen LogP contribution in [0, 0.1) is 10.1 Å². The molecular weight excluding hydrogens is 317 g/mol. The number of anilines is 1. The summed E-state index contributed by atoms with van der Waals surface area (Å²) in [6.07, 6.45) is -5.55. The van der Waals surface area contributed by atoms with Gasteiger partial charge in [0.1, 0.15) is 0 Å². The zero-order valence-corrected chi connectivity index (χ0v) is 11.9. The minimum atomic E-state index is -5.02. The van der Waals surface area contributed by atoms with Gasteiger partial charge in [0.25, 0.3) is 11.5 Å². The molecule has 1 aliphatic rings. The van der Waals surface area contributed by atoms with E-state index < -0.39 is 28.4 Å². The van der Waals surface area contributed by atoms with Crippen molar-refractivity contribution in [1.82, 2.24) is 0 Å². The van der Waals surface area contributed by atoms with E-state index in [1.165, 1.54) is 19.1 Å². The number of hydrogen-bond acceptors (Lipinski definition) is 4. The van der Waals surface area contributed by atoms with Gasteiger partial charge in [-0.2, -0.15) is 13.2 Å². The Morgan fingerprint density at radius 1 is 1.22 bits per heavy atom. The Labute approximate surface area is 128 Å². The van der Waals surface area contributed by atoms with Crippen LogP contribution in [-0.4, -0.2) is 22.8 Å². The number of nitrogens with zero attached hydrogens (tertiary/aromatic N) is 2. The van der Waals surface area contributed by atoms with E-state index in [1.54, 1.807) is 0 Å². The number of alkyl halides is 3. The molecule has 0 N–H and O–H groups in total. The molecule has 0 saturated heterocycles. The Hall–Kier alpha value is -2.71. The molecule has 23 heavy (non-hydrogen) atoms. The molecule has 1 heterocycles. The van der Waals surface area contributed by atoms with Crippen molar-refractivity contribution < 1.29 is 27.7 Å². The first-order valence-electron chi connectivity index (χ1n) is 6.51. The number of halogens is 3. The fourth-order valence-electron chi connectivity index (χ4n) is 2.36. The summed E-state index contributed by atoms with van der Waals surface area (Å²) in [7, 11) is 0. The summed E-state index contributed by atoms with van der Waals surface area (Å²) in [5.74, 6) is -2.45. The molecule has 9 heteroatoms. The second-order valence-corrected chi connectivity index (χ2v) is 4.89. The zero-order chi connectivity index (χ0) is 17.4. The van der Waals surface area contributed by atoms with E-state index in [2.05, 4.69) is 0 Å². The van der Waals surface area contributed by atoms with Gasteiger partial charge < -0.3 is 0 Å². The smallest absolute Gasteiger partial charge is 0.285 e. The SMILES string of the molecule is CC1=C(C(=O)C(F)(F)F)CCC(=O)N1c1ccc([N+](=O)[O-])cc1. The van der Waals surface area contributed by atoms with Gasteiger partial charge in [0.2, 0.25) is 5.91 Å². The second kappa shape index (κ2) is 5.82. The van der Waals surface area contributed by atoms with Gasteiger partial charge in [-0.1, -0.05) is 0 Å². The third-order valence-electron chi connectivity index (χ3n) is 3.46. The molecule has 0 radical (unpaired) electrons. The van der Waals surface area contributed by atoms with Gasteiger partial charge >= 0.3 is 6.18 Å². The van der Waals surface area contributed by atoms with Crippen LogP contribution in [0.3, 0.4) is 0 Å². The maximum absolute atomic E-state index is 12.6. The summed E-state index contributed by atoms with van der Waals surface area (Å²) in [4.78, 5) is 34.4. The Balaban J connectivity index is 2.45. The van der Waals surface area contributed by atoms with Crippen molar-refractivity contribution in [2.24, 2.45) is 0 Å². The number of non-ortho nitro benzene ring substituents is 1. The van der Waals surface area contributed by atoms with Crippen LogP contribution < -0.4 is 4.90 Å². The van der Waals surface area contributed by atoms with Crippen molar-refractivity contribution in [2.75, 3.05) is 4.90 Å². The molecule has 2 rings (SSSR count). The first-order valence-corrected chi connectivity index (χ1v) is 6.51. The average Bonchev–Trinajstić information content (AvgIpc) is 2.46. The number of nitro groups is 1. The van der Waals surface area contributed by atoms with E-state index in [-0.39, 0.29) is 29.9 Å². The number of Topliss-reactive ketones (excluding diaryl/α,β-unsaturated/α-hetero) is 1. The van der Waals surface area contributed by atoms with Crippen LogP contribution >= 0.6 is 0 Å². The molecular formula is C14H11F3N2O4. The lowest BCUT2D eigenvalue weighted by Gasteiger charge is -2.30. The lowest BCUT2D eigenvalue weighted by Crippen LogP contribution is -2.37. The van der Waals surface area contributed by atoms with Crippen LogP contribution in [0.5, 0.6) is 0 Å². The van der Waals surface area contributed by atoms with Crippen molar-refractivity contribution in [3.05, 3.63) is 45.6 Å². The highest BCUT2D eigenvalue weighted by molar-refractivity contribution is 6.06. The molecule has 1 aromatic rings. The topological polar surface area (TPSA) is 80.5 Å². The molecule has 0 fully saturated rings. The number of carbonyl (C=O) groups is 2. The summed E-state index contributed by atoms with van der Waals surface area (Å²) < 4.78 is 37.8. The number of nitro benzene ring substituents is 1. The summed E-state index contributed by atoms with van der Waals surface area (Å²) in [6.45, 7) is 1.25. The van der Waals surface area contributed by atoms with Gasteiger partial charge in [-0.15, -0.1) is 0 Å². The summed E-state index contributed by atoms with van der Waals surface area (Å²) in [5.41, 5.74) is -0.635. The number of amides is 1. The number of allylic oxidation sites excluding steroid dienone is 2. The molecule has 0 spiro atoms. The van der Waals surface area contributed by atoms with Gasteiger partial charge in [0, 0.05) is 35.5 Å². The largest absolute Gasteiger partial charge is 0.454 e. The van der Waals surface area contributed by atoms with Crippen LogP contribution in [0.15, 0.2) is 35.5 Å². The fourth-order valence-corrected chi connectivity index (χ4v) is 2.36. The molecule has 1 aromatic carbocycles. The minimum Gasteiger partial charge on any atom is -0.285 e. The van der Waals surface area contributed by atoms with Crippen molar-refractivity contribution in [2.45, 2.75) is 25.9 Å². The summed E-state index contributed by atoms with van der Waals surface area (Å²) in [5, 5.41) is 10.6. The van der Waals surface area contributed by atoms with Crippen LogP contribution in [0.2, 0.25) is 0 Å². The summed E-state index contributed by atoms with van der Waals surface area (Å²) in [6, 6.07) is 4.77. The molecule has 0 aromatic heterocycles. The standard InChI is InChI=1S/C14H11F3N2O4/c1-8-11(13(21)14(15,16)17)6-7-12(20)18(8)9-2-4-10(5-3-9)19(22)23/h2-5H,6-7H2,1H3. The highest BCUT2D eigenvalue weighted by Crippen LogP contribution is 2.33. The predicted octanol–water partition coefficient (Wildman–Crippen LogP) is 3.13. The molecule has 1 aliphatic heterocycles. The highest BCUT2D eigenvalue weighted by atomic mass is 19.4. The van der Waals surface area contributed by atoms with Gasteiger partial charge in [-0.25, -0.2) is 0 Å². The van der Waals surface area contributed by atoms with Gasteiger partial charge in [0.05, 0.1) is 4.92 Å². The number of benzene rings is 1. The highest BCUT2D eigenvalue weighted by Gasteiger charge is 2.43. The van der Waals surface area contributed by atoms with E-state index in [4.69, 9.17) is 0 Å². The third-order valence-corrected chi connectivity index (χ3v) is 3.46. The van der Waals surface area contributed by atoms with Gasteiger partial charge in [0.15, 0.2) is 0 Å². The van der Waals surface area contributed by atoms with E-state index in [9.17, 15) is 32.9 Å². The first kappa shape index (κ1) is 16.7. The minimum absolute atomic E-state index is 0.113. The fraction of sp³-hybridized carbons (Fsp3) is 0.286. The number of carbonyl (C=O) groups excluding carboxylic acids is 2. The zero-order valence-electron chi connectivity index (χ0n) is 11.9. The third kappa shape index (κ3) is 3.22. The maximum Gasteiger partial charge on any atom is 0.454 e. The first-order chi connectivity index (χ1) is 10.6. The van der Waals surface area contributed by atoms with Crippen LogP contribution in [0.1, 0.15) is 19.8 Å². The molecule has 0 aliphatic carbocycles. The average molecular weight is 328 g/mol. The van der Waals surface area contributed by atoms with Crippen molar-refractivity contribution >= 4 is 23.1 Å². The molecule has 0 bridgehead atoms. The van der Waals surface area contributed by atoms with Crippen LogP contribution in [-0.2, 0) is 9.59 Å². The normalized spacial score (nSPS) is 15.8. The van der Waals surface area contributed by atoms with Crippen molar-refractivity contribution in [3.8, 4) is 0 Å².